The van der Waals surface area contributed by atoms with E-state index in [0.29, 0.717) is 10.9 Å². The zero-order valence-electron chi connectivity index (χ0n) is 11.9. The van der Waals surface area contributed by atoms with Gasteiger partial charge < -0.3 is 4.74 Å². The molecule has 0 bridgehead atoms. The molecule has 21 heavy (non-hydrogen) atoms. The molecular formula is C14H17N3O2S2. The molecule has 7 heteroatoms. The zero-order valence-corrected chi connectivity index (χ0v) is 13.5. The van der Waals surface area contributed by atoms with Gasteiger partial charge >= 0.3 is 0 Å². The van der Waals surface area contributed by atoms with Gasteiger partial charge in [-0.25, -0.2) is 0 Å². The lowest BCUT2D eigenvalue weighted by Gasteiger charge is -2.13. The van der Waals surface area contributed by atoms with Gasteiger partial charge in [-0.3, -0.25) is 10.1 Å². The largest absolute Gasteiger partial charge is 0.481 e. The Hall–Kier alpha value is -1.60. The second-order valence-corrected chi connectivity index (χ2v) is 6.60. The molecule has 0 spiro atoms. The van der Waals surface area contributed by atoms with Crippen molar-refractivity contribution >= 4 is 34.1 Å². The molecule has 1 N–H and O–H groups in total. The molecule has 1 aromatic carbocycles. The minimum Gasteiger partial charge on any atom is -0.481 e. The van der Waals surface area contributed by atoms with Crippen LogP contribution < -0.4 is 10.1 Å². The summed E-state index contributed by atoms with van der Waals surface area (Å²) in [6, 6.07) is 9.25. The number of ether oxygens (including phenoxy) is 1. The fraction of sp³-hybridized carbons (Fsp3) is 0.357. The van der Waals surface area contributed by atoms with Gasteiger partial charge in [-0.2, -0.15) is 0 Å². The molecule has 0 aliphatic heterocycles. The van der Waals surface area contributed by atoms with Crippen molar-refractivity contribution in [2.24, 2.45) is 0 Å². The summed E-state index contributed by atoms with van der Waals surface area (Å²) in [5, 5.41) is 11.2. The molecule has 112 valence electrons. The standard InChI is InChI=1S/C14H17N3O2S2/c1-3-9-20-14-17-16-13(21-14)15-12(18)10(2)19-11-7-5-4-6-8-11/h4-8,10H,3,9H2,1-2H3,(H,15,16,18). The van der Waals surface area contributed by atoms with Crippen LogP contribution in [0, 0.1) is 0 Å². The van der Waals surface area contributed by atoms with Gasteiger partial charge in [0.1, 0.15) is 5.75 Å². The highest BCUT2D eigenvalue weighted by Crippen LogP contribution is 2.26. The van der Waals surface area contributed by atoms with Gasteiger partial charge in [-0.15, -0.1) is 10.2 Å². The average molecular weight is 323 g/mol. The topological polar surface area (TPSA) is 64.1 Å². The number of anilines is 1. The summed E-state index contributed by atoms with van der Waals surface area (Å²) in [6.07, 6.45) is 0.483. The molecule has 2 rings (SSSR count). The van der Waals surface area contributed by atoms with Gasteiger partial charge in [-0.1, -0.05) is 48.2 Å². The molecule has 1 unspecified atom stereocenters. The Balaban J connectivity index is 1.87. The smallest absolute Gasteiger partial charge is 0.266 e. The summed E-state index contributed by atoms with van der Waals surface area (Å²) >= 11 is 3.02. The monoisotopic (exact) mass is 323 g/mol. The van der Waals surface area contributed by atoms with Gasteiger partial charge in [-0.05, 0) is 25.5 Å². The number of carbonyl (C=O) groups excluding carboxylic acids is 1. The molecule has 1 atom stereocenters. The average Bonchev–Trinajstić information content (AvgIpc) is 2.93. The third kappa shape index (κ3) is 5.02. The van der Waals surface area contributed by atoms with Crippen molar-refractivity contribution in [1.29, 1.82) is 0 Å². The Morgan fingerprint density at radius 3 is 2.86 bits per heavy atom. The molecule has 0 aliphatic rings. The number of hydrogen-bond acceptors (Lipinski definition) is 6. The van der Waals surface area contributed by atoms with Crippen molar-refractivity contribution in [3.8, 4) is 5.75 Å². The van der Waals surface area contributed by atoms with E-state index in [0.717, 1.165) is 16.5 Å². The number of nitrogens with one attached hydrogen (secondary N) is 1. The van der Waals surface area contributed by atoms with Crippen molar-refractivity contribution in [1.82, 2.24) is 10.2 Å². The third-order valence-corrected chi connectivity index (χ3v) is 4.67. The second kappa shape index (κ2) is 7.99. The number of nitrogens with zero attached hydrogens (tertiary/aromatic N) is 2. The van der Waals surface area contributed by atoms with Gasteiger partial charge in [0.2, 0.25) is 5.13 Å². The molecule has 0 saturated heterocycles. The van der Waals surface area contributed by atoms with Gasteiger partial charge in [0, 0.05) is 5.75 Å². The molecule has 2 aromatic rings. The lowest BCUT2D eigenvalue weighted by atomic mass is 10.3. The summed E-state index contributed by atoms with van der Waals surface area (Å²) in [5.41, 5.74) is 0. The van der Waals surface area contributed by atoms with Crippen LogP contribution in [0.5, 0.6) is 5.75 Å². The highest BCUT2D eigenvalue weighted by molar-refractivity contribution is 8.01. The van der Waals surface area contributed by atoms with Gasteiger partial charge in [0.25, 0.3) is 5.91 Å². The number of thioether (sulfide) groups is 1. The second-order valence-electron chi connectivity index (χ2n) is 4.28. The van der Waals surface area contributed by atoms with E-state index in [-0.39, 0.29) is 5.91 Å². The number of benzene rings is 1. The number of carbonyl (C=O) groups is 1. The van der Waals surface area contributed by atoms with Crippen molar-refractivity contribution in [2.75, 3.05) is 11.1 Å². The Morgan fingerprint density at radius 1 is 1.38 bits per heavy atom. The van der Waals surface area contributed by atoms with Gasteiger partial charge in [0.05, 0.1) is 0 Å². The summed E-state index contributed by atoms with van der Waals surface area (Å²) in [4.78, 5) is 12.0. The van der Waals surface area contributed by atoms with Crippen molar-refractivity contribution in [3.63, 3.8) is 0 Å². The van der Waals surface area contributed by atoms with Crippen molar-refractivity contribution in [2.45, 2.75) is 30.7 Å². The summed E-state index contributed by atoms with van der Waals surface area (Å²) in [6.45, 7) is 3.81. The summed E-state index contributed by atoms with van der Waals surface area (Å²) in [5.74, 6) is 1.43. The maximum Gasteiger partial charge on any atom is 0.266 e. The fourth-order valence-corrected chi connectivity index (χ4v) is 3.15. The van der Waals surface area contributed by atoms with Crippen LogP contribution in [-0.4, -0.2) is 28.0 Å². The maximum absolute atomic E-state index is 12.0. The minimum atomic E-state index is -0.594. The third-order valence-electron chi connectivity index (χ3n) is 2.49. The molecule has 1 aromatic heterocycles. The van der Waals surface area contributed by atoms with Crippen molar-refractivity contribution in [3.05, 3.63) is 30.3 Å². The van der Waals surface area contributed by atoms with E-state index >= 15 is 0 Å². The van der Waals surface area contributed by atoms with Crippen LogP contribution in [0.1, 0.15) is 20.3 Å². The molecule has 1 heterocycles. The van der Waals surface area contributed by atoms with Crippen LogP contribution >= 0.6 is 23.1 Å². The molecule has 1 amide bonds. The normalized spacial score (nSPS) is 11.9. The van der Waals surface area contributed by atoms with Crippen LogP contribution in [0.15, 0.2) is 34.7 Å². The predicted molar refractivity (Wildman–Crippen MR) is 86.1 cm³/mol. The van der Waals surface area contributed by atoms with E-state index in [4.69, 9.17) is 4.74 Å². The predicted octanol–water partition coefficient (Wildman–Crippen LogP) is 3.45. The first-order chi connectivity index (χ1) is 10.2. The summed E-state index contributed by atoms with van der Waals surface area (Å²) in [7, 11) is 0. The number of rotatable bonds is 7. The quantitative estimate of drug-likeness (QED) is 0.624. The lowest BCUT2D eigenvalue weighted by molar-refractivity contribution is -0.122. The van der Waals surface area contributed by atoms with E-state index in [1.807, 2.05) is 30.3 Å². The Bertz CT molecular complexity index is 575. The number of para-hydroxylation sites is 1. The molecule has 5 nitrogen and oxygen atoms in total. The van der Waals surface area contributed by atoms with E-state index in [1.54, 1.807) is 18.7 Å². The van der Waals surface area contributed by atoms with Crippen LogP contribution in [0.2, 0.25) is 0 Å². The molecular weight excluding hydrogens is 306 g/mol. The Labute approximate surface area is 132 Å². The van der Waals surface area contributed by atoms with E-state index in [2.05, 4.69) is 22.4 Å². The highest BCUT2D eigenvalue weighted by Gasteiger charge is 2.16. The van der Waals surface area contributed by atoms with E-state index in [9.17, 15) is 4.79 Å². The number of aromatic nitrogens is 2. The summed E-state index contributed by atoms with van der Waals surface area (Å²) < 4.78 is 6.42. The van der Waals surface area contributed by atoms with Crippen LogP contribution in [-0.2, 0) is 4.79 Å². The van der Waals surface area contributed by atoms with E-state index in [1.165, 1.54) is 11.3 Å². The van der Waals surface area contributed by atoms with Crippen LogP contribution in [0.3, 0.4) is 0 Å². The number of hydrogen-bond donors (Lipinski definition) is 1. The first-order valence-electron chi connectivity index (χ1n) is 6.68. The number of amides is 1. The molecule has 0 fully saturated rings. The SMILES string of the molecule is CCCSc1nnc(NC(=O)C(C)Oc2ccccc2)s1. The maximum atomic E-state index is 12.0. The van der Waals surface area contributed by atoms with E-state index < -0.39 is 6.10 Å². The highest BCUT2D eigenvalue weighted by atomic mass is 32.2. The van der Waals surface area contributed by atoms with Crippen molar-refractivity contribution < 1.29 is 9.53 Å². The van der Waals surface area contributed by atoms with Crippen LogP contribution in [0.4, 0.5) is 5.13 Å². The first kappa shape index (κ1) is 15.8. The Kier molecular flexibility index (Phi) is 6.01. The Morgan fingerprint density at radius 2 is 2.14 bits per heavy atom. The fourth-order valence-electron chi connectivity index (χ4n) is 1.47. The first-order valence-corrected chi connectivity index (χ1v) is 8.48. The lowest BCUT2D eigenvalue weighted by Crippen LogP contribution is -2.30. The van der Waals surface area contributed by atoms with Crippen LogP contribution in [0.25, 0.3) is 0 Å². The van der Waals surface area contributed by atoms with Gasteiger partial charge in [0.15, 0.2) is 10.4 Å². The zero-order chi connectivity index (χ0) is 15.1. The minimum absolute atomic E-state index is 0.234. The molecule has 0 saturated carbocycles. The molecule has 0 radical (unpaired) electrons. The molecule has 0 aliphatic carbocycles.